The number of carboxylic acids is 1. The van der Waals surface area contributed by atoms with Crippen molar-refractivity contribution in [2.75, 3.05) is 0 Å². The monoisotopic (exact) mass is 320 g/mol. The normalized spacial score (nSPS) is 13.0. The second kappa shape index (κ2) is 6.20. The zero-order valence-corrected chi connectivity index (χ0v) is 12.1. The van der Waals surface area contributed by atoms with Gasteiger partial charge in [-0.25, -0.2) is 4.79 Å². The minimum absolute atomic E-state index is 0.287. The lowest BCUT2D eigenvalue weighted by atomic mass is 10.1. The fourth-order valence-corrected chi connectivity index (χ4v) is 1.57. The van der Waals surface area contributed by atoms with Crippen molar-refractivity contribution in [3.63, 3.8) is 0 Å². The number of hydrogen-bond donors (Lipinski definition) is 2. The summed E-state index contributed by atoms with van der Waals surface area (Å²) in [6.07, 6.45) is -2.59. The van der Waals surface area contributed by atoms with E-state index >= 15 is 0 Å². The van der Waals surface area contributed by atoms with Crippen LogP contribution in [0.1, 0.15) is 47.5 Å². The summed E-state index contributed by atoms with van der Waals surface area (Å²) >= 11 is 0. The second-order valence-electron chi connectivity index (χ2n) is 5.00. The summed E-state index contributed by atoms with van der Waals surface area (Å²) in [5.41, 5.74) is -2.46. The number of nitrogens with zero attached hydrogens (tertiary/aromatic N) is 1. The van der Waals surface area contributed by atoms with Gasteiger partial charge in [-0.15, -0.1) is 0 Å². The highest BCUT2D eigenvalue weighted by Gasteiger charge is 2.37. The van der Waals surface area contributed by atoms with Gasteiger partial charge in [-0.3, -0.25) is 9.59 Å². The summed E-state index contributed by atoms with van der Waals surface area (Å²) < 4.78 is 38.6. The van der Waals surface area contributed by atoms with E-state index in [1.807, 2.05) is 0 Å². The van der Waals surface area contributed by atoms with E-state index in [1.54, 1.807) is 19.2 Å². The molecule has 1 aromatic heterocycles. The van der Waals surface area contributed by atoms with Gasteiger partial charge in [-0.2, -0.15) is 13.2 Å². The van der Waals surface area contributed by atoms with Crippen molar-refractivity contribution in [1.29, 1.82) is 0 Å². The van der Waals surface area contributed by atoms with E-state index in [9.17, 15) is 27.6 Å². The lowest BCUT2D eigenvalue weighted by Crippen LogP contribution is -2.44. The fraction of sp³-hybridized carbons (Fsp3) is 0.462. The molecule has 0 spiro atoms. The summed E-state index contributed by atoms with van der Waals surface area (Å²) in [6, 6.07) is -2.45. The highest BCUT2D eigenvalue weighted by molar-refractivity contribution is 5.97. The molecule has 6 nitrogen and oxygen atoms in total. The molecule has 0 saturated carbocycles. The molecule has 0 unspecified atom stereocenters. The Hall–Kier alpha value is -2.32. The highest BCUT2D eigenvalue weighted by Crippen LogP contribution is 2.19. The summed E-state index contributed by atoms with van der Waals surface area (Å²) in [5, 5.41) is 10.6. The molecule has 1 aromatic rings. The smallest absolute Gasteiger partial charge is 0.408 e. The summed E-state index contributed by atoms with van der Waals surface area (Å²) in [6.45, 7) is 4.05. The molecule has 2 N–H and O–H groups in total. The fourth-order valence-electron chi connectivity index (χ4n) is 1.57. The van der Waals surface area contributed by atoms with E-state index in [2.05, 4.69) is 0 Å². The number of hydrogen-bond acceptors (Lipinski definition) is 3. The van der Waals surface area contributed by atoms with E-state index in [0.717, 1.165) is 19.3 Å². The molecule has 0 aromatic carbocycles. The summed E-state index contributed by atoms with van der Waals surface area (Å²) in [4.78, 5) is 34.8. The van der Waals surface area contributed by atoms with Crippen LogP contribution < -0.4 is 10.7 Å². The van der Waals surface area contributed by atoms with Crippen LogP contribution in [0.15, 0.2) is 17.2 Å². The third kappa shape index (κ3) is 3.86. The third-order valence-corrected chi connectivity index (χ3v) is 2.96. The van der Waals surface area contributed by atoms with Gasteiger partial charge in [0.25, 0.3) is 5.91 Å². The Morgan fingerprint density at radius 3 is 2.09 bits per heavy atom. The number of aromatic nitrogens is 1. The van der Waals surface area contributed by atoms with Gasteiger partial charge in [0.2, 0.25) is 5.43 Å². The molecule has 0 saturated heterocycles. The Labute approximate surface area is 123 Å². The molecule has 1 heterocycles. The van der Waals surface area contributed by atoms with Gasteiger partial charge < -0.3 is 15.0 Å². The van der Waals surface area contributed by atoms with Crippen LogP contribution in [0.3, 0.4) is 0 Å². The molecule has 0 bridgehead atoms. The van der Waals surface area contributed by atoms with Crippen molar-refractivity contribution in [3.05, 3.63) is 33.7 Å². The Morgan fingerprint density at radius 2 is 1.68 bits per heavy atom. The van der Waals surface area contributed by atoms with Crippen LogP contribution in [0.5, 0.6) is 0 Å². The predicted octanol–water partition coefficient (Wildman–Crippen LogP) is 1.81. The molecular weight excluding hydrogens is 305 g/mol. The van der Waals surface area contributed by atoms with Crippen LogP contribution in [-0.4, -0.2) is 33.8 Å². The van der Waals surface area contributed by atoms with Gasteiger partial charge in [0.15, 0.2) is 0 Å². The largest absolute Gasteiger partial charge is 0.477 e. The molecule has 0 aliphatic rings. The zero-order valence-electron chi connectivity index (χ0n) is 12.1. The Kier molecular flexibility index (Phi) is 5.00. The first-order chi connectivity index (χ1) is 9.95. The second-order valence-corrected chi connectivity index (χ2v) is 5.00. The van der Waals surface area contributed by atoms with E-state index < -0.39 is 40.7 Å². The lowest BCUT2D eigenvalue weighted by molar-refractivity contribution is -0.149. The van der Waals surface area contributed by atoms with E-state index in [4.69, 9.17) is 5.11 Å². The maximum absolute atomic E-state index is 12.4. The van der Waals surface area contributed by atoms with Gasteiger partial charge in [-0.05, 0) is 20.8 Å². The minimum atomic E-state index is -4.67. The number of pyridine rings is 1. The van der Waals surface area contributed by atoms with Gasteiger partial charge in [0, 0.05) is 18.4 Å². The van der Waals surface area contributed by atoms with Crippen LogP contribution in [0.25, 0.3) is 0 Å². The number of aromatic carboxylic acids is 1. The molecule has 1 rings (SSSR count). The maximum atomic E-state index is 12.4. The minimum Gasteiger partial charge on any atom is -0.477 e. The number of carboxylic acid groups (broad SMARTS) is 1. The molecule has 1 atom stereocenters. The molecule has 22 heavy (non-hydrogen) atoms. The average molecular weight is 320 g/mol. The quantitative estimate of drug-likeness (QED) is 0.885. The van der Waals surface area contributed by atoms with Gasteiger partial charge in [0.1, 0.15) is 17.2 Å². The van der Waals surface area contributed by atoms with Crippen molar-refractivity contribution < 1.29 is 27.9 Å². The summed E-state index contributed by atoms with van der Waals surface area (Å²) in [5.74, 6) is -2.83. The SMILES string of the molecule is CC(C)n1cc(C(=O)O)c(=O)c(C(=O)N[C@@H](C)C(F)(F)F)c1. The first-order valence-corrected chi connectivity index (χ1v) is 6.31. The van der Waals surface area contributed by atoms with E-state index in [0.29, 0.717) is 0 Å². The van der Waals surface area contributed by atoms with Gasteiger partial charge in [-0.1, -0.05) is 0 Å². The molecule has 1 amide bonds. The van der Waals surface area contributed by atoms with Crippen LogP contribution in [-0.2, 0) is 0 Å². The molecule has 0 fully saturated rings. The maximum Gasteiger partial charge on any atom is 0.408 e. The molecular formula is C13H15F3N2O4. The van der Waals surface area contributed by atoms with Gasteiger partial charge >= 0.3 is 12.1 Å². The van der Waals surface area contributed by atoms with E-state index in [-0.39, 0.29) is 6.04 Å². The van der Waals surface area contributed by atoms with Crippen molar-refractivity contribution in [3.8, 4) is 0 Å². The molecule has 0 aliphatic heterocycles. The Balaban J connectivity index is 3.31. The Morgan fingerprint density at radius 1 is 1.18 bits per heavy atom. The summed E-state index contributed by atoms with van der Waals surface area (Å²) in [7, 11) is 0. The number of nitrogens with one attached hydrogen (secondary N) is 1. The first kappa shape index (κ1) is 17.7. The first-order valence-electron chi connectivity index (χ1n) is 6.31. The van der Waals surface area contributed by atoms with Crippen molar-refractivity contribution in [2.24, 2.45) is 0 Å². The van der Waals surface area contributed by atoms with Crippen LogP contribution in [0.4, 0.5) is 13.2 Å². The number of alkyl halides is 3. The standard InChI is InChI=1S/C13H15F3N2O4/c1-6(2)18-4-8(10(19)9(5-18)12(21)22)11(20)17-7(3)13(14,15)16/h4-7H,1-3H3,(H,17,20)(H,21,22)/t7-/m0/s1. The van der Waals surface area contributed by atoms with Crippen molar-refractivity contribution >= 4 is 11.9 Å². The molecule has 0 radical (unpaired) electrons. The lowest BCUT2D eigenvalue weighted by Gasteiger charge is -2.18. The molecule has 9 heteroatoms. The van der Waals surface area contributed by atoms with Gasteiger partial charge in [0.05, 0.1) is 0 Å². The highest BCUT2D eigenvalue weighted by atomic mass is 19.4. The van der Waals surface area contributed by atoms with Crippen LogP contribution in [0.2, 0.25) is 0 Å². The number of carbonyl (C=O) groups is 2. The number of halogens is 3. The predicted molar refractivity (Wildman–Crippen MR) is 71.0 cm³/mol. The zero-order chi connectivity index (χ0) is 17.2. The third-order valence-electron chi connectivity index (χ3n) is 2.96. The van der Waals surface area contributed by atoms with Crippen molar-refractivity contribution in [1.82, 2.24) is 9.88 Å². The Bertz CT molecular complexity index is 650. The van der Waals surface area contributed by atoms with Crippen LogP contribution >= 0.6 is 0 Å². The van der Waals surface area contributed by atoms with Crippen LogP contribution in [0, 0.1) is 0 Å². The number of carbonyl (C=O) groups excluding carboxylic acids is 1. The molecule has 122 valence electrons. The van der Waals surface area contributed by atoms with E-state index in [1.165, 1.54) is 4.57 Å². The number of rotatable bonds is 4. The topological polar surface area (TPSA) is 88.4 Å². The van der Waals surface area contributed by atoms with Crippen molar-refractivity contribution in [2.45, 2.75) is 39.0 Å². The average Bonchev–Trinajstić information content (AvgIpc) is 2.36. The number of amides is 1. The molecule has 0 aliphatic carbocycles.